The highest BCUT2D eigenvalue weighted by molar-refractivity contribution is 5.95. The molecule has 0 bridgehead atoms. The Morgan fingerprint density at radius 1 is 0.952 bits per heavy atom. The topological polar surface area (TPSA) is 98.6 Å². The molecular weight excluding hydrogens is 524 g/mol. The van der Waals surface area contributed by atoms with Gasteiger partial charge in [-0.3, -0.25) is 4.79 Å². The van der Waals surface area contributed by atoms with E-state index >= 15 is 0 Å². The number of imidazole rings is 1. The van der Waals surface area contributed by atoms with E-state index in [1.54, 1.807) is 13.3 Å². The van der Waals surface area contributed by atoms with Crippen LogP contribution in [-0.4, -0.2) is 49.7 Å². The van der Waals surface area contributed by atoms with Crippen LogP contribution < -0.4 is 0 Å². The highest BCUT2D eigenvalue weighted by Gasteiger charge is 2.26. The maximum atomic E-state index is 13.4. The van der Waals surface area contributed by atoms with E-state index in [1.807, 2.05) is 24.3 Å². The number of ether oxygens (including phenoxy) is 1. The lowest BCUT2D eigenvalue weighted by atomic mass is 9.87. The van der Waals surface area contributed by atoms with Crippen LogP contribution in [0.15, 0.2) is 79.0 Å². The smallest absolute Gasteiger partial charge is 0.205 e. The number of benzene rings is 3. The molecule has 0 aliphatic rings. The number of methoxy groups -OCH3 is 1. The van der Waals surface area contributed by atoms with E-state index in [-0.39, 0.29) is 11.2 Å². The first-order chi connectivity index (χ1) is 20.4. The maximum absolute atomic E-state index is 13.4. The van der Waals surface area contributed by atoms with Crippen molar-refractivity contribution in [1.82, 2.24) is 30.2 Å². The second-order valence-corrected chi connectivity index (χ2v) is 11.5. The third-order valence-electron chi connectivity index (χ3n) is 7.47. The Hall–Kier alpha value is -4.43. The summed E-state index contributed by atoms with van der Waals surface area (Å²) in [5, 5.41) is 14.8. The molecule has 42 heavy (non-hydrogen) atoms. The zero-order chi connectivity index (χ0) is 29.5. The molecule has 0 saturated heterocycles. The van der Waals surface area contributed by atoms with E-state index < -0.39 is 0 Å². The number of nitrogens with one attached hydrogen (secondary N) is 1. The number of carbonyl (C=O) groups is 1. The number of rotatable bonds is 13. The van der Waals surface area contributed by atoms with Crippen LogP contribution in [0, 0.1) is 5.41 Å². The number of hydrogen-bond acceptors (Lipinski definition) is 6. The summed E-state index contributed by atoms with van der Waals surface area (Å²) in [6.07, 6.45) is 5.07. The first-order valence-electron chi connectivity index (χ1n) is 14.5. The molecule has 0 saturated carbocycles. The Kier molecular flexibility index (Phi) is 9.03. The maximum Gasteiger partial charge on any atom is 0.205 e. The summed E-state index contributed by atoms with van der Waals surface area (Å²) >= 11 is 0. The summed E-state index contributed by atoms with van der Waals surface area (Å²) in [7, 11) is 1.67. The molecule has 0 radical (unpaired) electrons. The average Bonchev–Trinajstić information content (AvgIpc) is 3.67. The zero-order valence-electron chi connectivity index (χ0n) is 24.8. The van der Waals surface area contributed by atoms with Crippen molar-refractivity contribution in [2.45, 2.75) is 53.0 Å². The lowest BCUT2D eigenvalue weighted by Gasteiger charge is -2.23. The quantitative estimate of drug-likeness (QED) is 0.155. The number of ketones is 1. The summed E-state index contributed by atoms with van der Waals surface area (Å²) in [5.74, 6) is 1.59. The molecule has 0 amide bonds. The molecule has 0 fully saturated rings. The number of aromatic amines is 1. The van der Waals surface area contributed by atoms with Crippen LogP contribution in [0.5, 0.6) is 0 Å². The summed E-state index contributed by atoms with van der Waals surface area (Å²) in [4.78, 5) is 18.1. The number of hydrogen-bond donors (Lipinski definition) is 1. The van der Waals surface area contributed by atoms with Gasteiger partial charge in [-0.25, -0.2) is 4.98 Å². The van der Waals surface area contributed by atoms with Gasteiger partial charge >= 0.3 is 0 Å². The molecule has 3 aromatic carbocycles. The van der Waals surface area contributed by atoms with Crippen molar-refractivity contribution >= 4 is 5.78 Å². The van der Waals surface area contributed by atoms with Crippen LogP contribution in [0.4, 0.5) is 0 Å². The molecule has 0 spiro atoms. The van der Waals surface area contributed by atoms with Crippen molar-refractivity contribution in [3.63, 3.8) is 0 Å². The van der Waals surface area contributed by atoms with E-state index in [0.29, 0.717) is 31.1 Å². The van der Waals surface area contributed by atoms with Gasteiger partial charge in [0, 0.05) is 32.1 Å². The van der Waals surface area contributed by atoms with Gasteiger partial charge in [-0.2, -0.15) is 5.21 Å². The average molecular weight is 563 g/mol. The van der Waals surface area contributed by atoms with E-state index in [1.165, 1.54) is 0 Å². The van der Waals surface area contributed by atoms with Gasteiger partial charge in [-0.15, -0.1) is 10.2 Å². The number of nitrogens with zero attached hydrogens (tertiary/aromatic N) is 5. The second-order valence-electron chi connectivity index (χ2n) is 11.5. The van der Waals surface area contributed by atoms with Crippen LogP contribution in [0.2, 0.25) is 0 Å². The number of aromatic nitrogens is 6. The first-order valence-corrected chi connectivity index (χ1v) is 14.5. The van der Waals surface area contributed by atoms with Crippen molar-refractivity contribution in [2.75, 3.05) is 13.7 Å². The molecule has 8 nitrogen and oxygen atoms in total. The Bertz CT molecular complexity index is 1610. The van der Waals surface area contributed by atoms with E-state index in [4.69, 9.17) is 4.74 Å². The molecule has 0 atom stereocenters. The zero-order valence-corrected chi connectivity index (χ0v) is 24.8. The third kappa shape index (κ3) is 6.71. The van der Waals surface area contributed by atoms with E-state index in [0.717, 1.165) is 58.5 Å². The van der Waals surface area contributed by atoms with Crippen LogP contribution >= 0.6 is 0 Å². The predicted octanol–water partition coefficient (Wildman–Crippen LogP) is 7.03. The molecule has 8 heteroatoms. The van der Waals surface area contributed by atoms with Crippen LogP contribution in [0.25, 0.3) is 33.6 Å². The monoisotopic (exact) mass is 562 g/mol. The highest BCUT2D eigenvalue weighted by Crippen LogP contribution is 2.34. The van der Waals surface area contributed by atoms with Crippen LogP contribution in [-0.2, 0) is 17.7 Å². The fourth-order valence-electron chi connectivity index (χ4n) is 5.35. The Balaban J connectivity index is 1.46. The lowest BCUT2D eigenvalue weighted by molar-refractivity contribution is 0.0749. The molecule has 0 aliphatic heterocycles. The van der Waals surface area contributed by atoms with Gasteiger partial charge in [0.1, 0.15) is 11.5 Å². The number of carbonyl (C=O) groups excluding carboxylic acids is 1. The van der Waals surface area contributed by atoms with Gasteiger partial charge in [0.05, 0.1) is 12.8 Å². The van der Waals surface area contributed by atoms with Crippen molar-refractivity contribution in [3.8, 4) is 33.6 Å². The second kappa shape index (κ2) is 13.0. The number of tetrazole rings is 1. The van der Waals surface area contributed by atoms with Crippen molar-refractivity contribution < 1.29 is 9.53 Å². The normalized spacial score (nSPS) is 11.6. The fraction of sp³-hybridized carbons (Fsp3) is 0.324. The van der Waals surface area contributed by atoms with Crippen molar-refractivity contribution in [1.29, 1.82) is 0 Å². The predicted molar refractivity (Wildman–Crippen MR) is 165 cm³/mol. The summed E-state index contributed by atoms with van der Waals surface area (Å²) in [5.41, 5.74) is 6.72. The Labute approximate surface area is 247 Å². The highest BCUT2D eigenvalue weighted by atomic mass is 16.5. The molecule has 1 N–H and O–H groups in total. The minimum absolute atomic E-state index is 0.0893. The van der Waals surface area contributed by atoms with Gasteiger partial charge in [-0.1, -0.05) is 87.9 Å². The number of H-pyrrole nitrogens is 1. The molecule has 5 aromatic rings. The molecular formula is C34H38N6O2. The lowest BCUT2D eigenvalue weighted by Crippen LogP contribution is -2.24. The summed E-state index contributed by atoms with van der Waals surface area (Å²) < 4.78 is 7.45. The van der Waals surface area contributed by atoms with Crippen molar-refractivity contribution in [3.05, 3.63) is 96.1 Å². The van der Waals surface area contributed by atoms with Crippen molar-refractivity contribution in [2.24, 2.45) is 5.41 Å². The third-order valence-corrected chi connectivity index (χ3v) is 7.47. The number of aryl methyl sites for hydroxylation is 1. The SMILES string of the molecule is CCCCc1ncc(C(=O)CC(C)(C)COC)n1Cc1ccc(-c2cc(-c3ccccc3)ccc2-c2nn[nH]n2)cc1. The van der Waals surface area contributed by atoms with E-state index in [9.17, 15) is 4.79 Å². The number of Topliss-reactive ketones (excluding diaryl/α,β-unsaturated/α-hetero) is 1. The molecule has 2 heterocycles. The summed E-state index contributed by atoms with van der Waals surface area (Å²) in [6, 6.07) is 25.1. The van der Waals surface area contributed by atoms with Crippen LogP contribution in [0.3, 0.4) is 0 Å². The molecule has 5 rings (SSSR count). The molecule has 216 valence electrons. The standard InChI is InChI=1S/C34H38N6O2/c1-5-6-12-32-35-21-30(31(41)20-34(2,3)23-42-4)40(32)22-24-13-15-26(16-14-24)29-19-27(25-10-8-7-9-11-25)17-18-28(29)33-36-38-39-37-33/h7-11,13-19,21H,5-6,12,20,22-23H2,1-4H3,(H,36,37,38,39). The molecule has 2 aromatic heterocycles. The largest absolute Gasteiger partial charge is 0.384 e. The van der Waals surface area contributed by atoms with Gasteiger partial charge in [-0.05, 0) is 57.0 Å². The first kappa shape index (κ1) is 29.1. The minimum atomic E-state index is -0.253. The minimum Gasteiger partial charge on any atom is -0.384 e. The summed E-state index contributed by atoms with van der Waals surface area (Å²) in [6.45, 7) is 7.38. The van der Waals surface area contributed by atoms with Gasteiger partial charge in [0.15, 0.2) is 5.78 Å². The van der Waals surface area contributed by atoms with Crippen LogP contribution in [0.1, 0.15) is 61.9 Å². The van der Waals surface area contributed by atoms with Gasteiger partial charge in [0.2, 0.25) is 5.82 Å². The van der Waals surface area contributed by atoms with Gasteiger partial charge in [0.25, 0.3) is 0 Å². The number of unbranched alkanes of at least 4 members (excludes halogenated alkanes) is 1. The Morgan fingerprint density at radius 3 is 2.40 bits per heavy atom. The van der Waals surface area contributed by atoms with Gasteiger partial charge < -0.3 is 9.30 Å². The fourth-order valence-corrected chi connectivity index (χ4v) is 5.35. The molecule has 0 unspecified atom stereocenters. The Morgan fingerprint density at radius 2 is 1.71 bits per heavy atom. The van der Waals surface area contributed by atoms with E-state index in [2.05, 4.69) is 99.5 Å². The molecule has 0 aliphatic carbocycles.